The highest BCUT2D eigenvalue weighted by molar-refractivity contribution is 8.00. The van der Waals surface area contributed by atoms with Gasteiger partial charge < -0.3 is 16.0 Å². The molecule has 4 aromatic carbocycles. The van der Waals surface area contributed by atoms with E-state index in [1.807, 2.05) is 41.8 Å². The first-order chi connectivity index (χ1) is 21.9. The minimum Gasteiger partial charge on any atom is -0.321 e. The Morgan fingerprint density at radius 2 is 1.58 bits per heavy atom. The Balaban J connectivity index is 1.26. The normalized spacial score (nSPS) is 10.9. The summed E-state index contributed by atoms with van der Waals surface area (Å²) < 4.78 is 0. The monoisotopic (exact) mass is 648 g/mol. The van der Waals surface area contributed by atoms with Gasteiger partial charge in [-0.1, -0.05) is 84.4 Å². The average Bonchev–Trinajstić information content (AvgIpc) is 3.47. The molecule has 0 aliphatic heterocycles. The maximum absolute atomic E-state index is 13.4. The lowest BCUT2D eigenvalue weighted by atomic mass is 10.1. The summed E-state index contributed by atoms with van der Waals surface area (Å²) in [6, 6.07) is 34.3. The predicted molar refractivity (Wildman–Crippen MR) is 182 cm³/mol. The van der Waals surface area contributed by atoms with Crippen LogP contribution in [0.4, 0.5) is 10.7 Å². The second-order valence-electron chi connectivity index (χ2n) is 9.55. The number of thioether (sulfide) groups is 1. The Hall–Kier alpha value is -5.14. The largest absolute Gasteiger partial charge is 0.321 e. The van der Waals surface area contributed by atoms with Crippen LogP contribution in [-0.4, -0.2) is 23.5 Å². The second-order valence-corrected chi connectivity index (χ2v) is 11.9. The smallest absolute Gasteiger partial charge is 0.272 e. The van der Waals surface area contributed by atoms with Gasteiger partial charge in [-0.2, -0.15) is 5.26 Å². The first kappa shape index (κ1) is 31.3. The van der Waals surface area contributed by atoms with Crippen LogP contribution < -0.4 is 16.0 Å². The van der Waals surface area contributed by atoms with Gasteiger partial charge in [0.15, 0.2) is 0 Å². The minimum atomic E-state index is -0.546. The molecule has 1 aromatic heterocycles. The molecule has 0 spiro atoms. The number of hydrogen-bond donors (Lipinski definition) is 3. The van der Waals surface area contributed by atoms with E-state index in [-0.39, 0.29) is 17.4 Å². The Labute approximate surface area is 273 Å². The van der Waals surface area contributed by atoms with Gasteiger partial charge >= 0.3 is 0 Å². The van der Waals surface area contributed by atoms with E-state index < -0.39 is 11.8 Å². The van der Waals surface area contributed by atoms with E-state index in [0.29, 0.717) is 32.4 Å². The van der Waals surface area contributed by atoms with Gasteiger partial charge in [-0.15, -0.1) is 23.1 Å². The third-order valence-corrected chi connectivity index (χ3v) is 8.67. The van der Waals surface area contributed by atoms with Gasteiger partial charge in [-0.05, 0) is 53.6 Å². The van der Waals surface area contributed by atoms with E-state index in [0.717, 1.165) is 16.0 Å². The highest BCUT2D eigenvalue weighted by Crippen LogP contribution is 2.35. The summed E-state index contributed by atoms with van der Waals surface area (Å²) in [6.45, 7) is 0. The molecule has 0 saturated carbocycles. The fourth-order valence-electron chi connectivity index (χ4n) is 4.25. The molecule has 0 radical (unpaired) electrons. The van der Waals surface area contributed by atoms with Gasteiger partial charge in [-0.25, -0.2) is 0 Å². The lowest BCUT2D eigenvalue weighted by Crippen LogP contribution is -2.30. The van der Waals surface area contributed by atoms with Crippen molar-refractivity contribution in [2.75, 3.05) is 16.4 Å². The van der Waals surface area contributed by atoms with Gasteiger partial charge in [0.05, 0.1) is 11.3 Å². The first-order valence-electron chi connectivity index (χ1n) is 13.6. The first-order valence-corrected chi connectivity index (χ1v) is 15.9. The number of halogens is 1. The number of nitrogens with one attached hydrogen (secondary N) is 3. The lowest BCUT2D eigenvalue weighted by molar-refractivity contribution is -0.114. The third kappa shape index (κ3) is 8.28. The van der Waals surface area contributed by atoms with E-state index in [2.05, 4.69) is 22.0 Å². The third-order valence-electron chi connectivity index (χ3n) is 6.44. The maximum Gasteiger partial charge on any atom is 0.272 e. The lowest BCUT2D eigenvalue weighted by Gasteiger charge is -2.12. The summed E-state index contributed by atoms with van der Waals surface area (Å²) in [4.78, 5) is 39.9. The van der Waals surface area contributed by atoms with Crippen molar-refractivity contribution in [1.29, 1.82) is 5.26 Å². The van der Waals surface area contributed by atoms with Crippen LogP contribution in [0.3, 0.4) is 0 Å². The molecule has 0 unspecified atom stereocenters. The average molecular weight is 649 g/mol. The van der Waals surface area contributed by atoms with E-state index in [1.165, 1.54) is 29.2 Å². The van der Waals surface area contributed by atoms with Gasteiger partial charge in [0, 0.05) is 32.1 Å². The Kier molecular flexibility index (Phi) is 10.5. The maximum atomic E-state index is 13.4. The zero-order valence-electron chi connectivity index (χ0n) is 23.6. The number of rotatable bonds is 10. The number of benzene rings is 4. The van der Waals surface area contributed by atoms with Crippen LogP contribution in [0.2, 0.25) is 5.02 Å². The molecular formula is C35H25ClN4O3S2. The van der Waals surface area contributed by atoms with Crippen LogP contribution in [0.15, 0.2) is 125 Å². The Bertz CT molecular complexity index is 1920. The molecule has 10 heteroatoms. The molecule has 5 aromatic rings. The SMILES string of the molecule is N#Cc1c(-c2ccccc2)csc1NC(=O)CSc1cccc(NC(=O)/C(=C\c2ccccc2Cl)NC(=O)c2ccccc2)c1. The molecular weight excluding hydrogens is 624 g/mol. The predicted octanol–water partition coefficient (Wildman–Crippen LogP) is 8.08. The minimum absolute atomic E-state index is 0.00787. The molecule has 0 fully saturated rings. The molecule has 3 N–H and O–H groups in total. The number of nitriles is 1. The molecule has 45 heavy (non-hydrogen) atoms. The summed E-state index contributed by atoms with van der Waals surface area (Å²) in [5, 5.41) is 20.9. The van der Waals surface area contributed by atoms with Crippen LogP contribution in [0.5, 0.6) is 0 Å². The summed E-state index contributed by atoms with van der Waals surface area (Å²) in [5.74, 6) is -1.16. The van der Waals surface area contributed by atoms with E-state index in [1.54, 1.807) is 72.8 Å². The number of carbonyl (C=O) groups is 3. The van der Waals surface area contributed by atoms with Gasteiger partial charge in [0.2, 0.25) is 5.91 Å². The number of carbonyl (C=O) groups excluding carboxylic acids is 3. The number of amides is 3. The topological polar surface area (TPSA) is 111 Å². The molecule has 5 rings (SSSR count). The zero-order valence-corrected chi connectivity index (χ0v) is 26.0. The van der Waals surface area contributed by atoms with Crippen molar-refractivity contribution in [2.45, 2.75) is 4.90 Å². The van der Waals surface area contributed by atoms with Crippen LogP contribution in [0, 0.1) is 11.3 Å². The van der Waals surface area contributed by atoms with Crippen LogP contribution in [-0.2, 0) is 9.59 Å². The zero-order chi connectivity index (χ0) is 31.6. The molecule has 0 bridgehead atoms. The number of nitrogens with zero attached hydrogens (tertiary/aromatic N) is 1. The summed E-state index contributed by atoms with van der Waals surface area (Å²) in [6.07, 6.45) is 1.52. The summed E-state index contributed by atoms with van der Waals surface area (Å²) in [5.41, 5.74) is 3.55. The van der Waals surface area contributed by atoms with Crippen molar-refractivity contribution in [3.05, 3.63) is 142 Å². The molecule has 0 aliphatic carbocycles. The number of anilines is 2. The molecule has 0 saturated heterocycles. The molecule has 1 heterocycles. The van der Waals surface area contributed by atoms with Crippen molar-refractivity contribution in [3.8, 4) is 17.2 Å². The highest BCUT2D eigenvalue weighted by atomic mass is 35.5. The molecule has 7 nitrogen and oxygen atoms in total. The molecule has 222 valence electrons. The van der Waals surface area contributed by atoms with E-state index in [4.69, 9.17) is 11.6 Å². The molecule has 0 aliphatic rings. The van der Waals surface area contributed by atoms with Gasteiger partial charge in [0.1, 0.15) is 16.8 Å². The van der Waals surface area contributed by atoms with Gasteiger partial charge in [0.25, 0.3) is 11.8 Å². The van der Waals surface area contributed by atoms with Crippen molar-refractivity contribution in [1.82, 2.24) is 5.32 Å². The summed E-state index contributed by atoms with van der Waals surface area (Å²) >= 11 is 8.92. The van der Waals surface area contributed by atoms with Crippen molar-refractivity contribution >= 4 is 69.2 Å². The Morgan fingerprint density at radius 3 is 2.31 bits per heavy atom. The standard InChI is InChI=1S/C35H25ClN4O3S2/c36-30-17-8-7-14-25(30)18-31(39-33(42)24-12-5-2-6-13-24)34(43)38-26-15-9-16-27(19-26)44-22-32(41)40-35-28(20-37)29(21-45-35)23-10-3-1-4-11-23/h1-19,21H,22H2,(H,38,43)(H,39,42)(H,40,41)/b31-18+. The van der Waals surface area contributed by atoms with Gasteiger partial charge in [-0.3, -0.25) is 14.4 Å². The summed E-state index contributed by atoms with van der Waals surface area (Å²) in [7, 11) is 0. The Morgan fingerprint density at radius 1 is 0.867 bits per heavy atom. The highest BCUT2D eigenvalue weighted by Gasteiger charge is 2.17. The van der Waals surface area contributed by atoms with Crippen LogP contribution >= 0.6 is 34.7 Å². The molecule has 3 amide bonds. The second kappa shape index (κ2) is 15.0. The number of thiophene rings is 1. The van der Waals surface area contributed by atoms with E-state index in [9.17, 15) is 19.6 Å². The van der Waals surface area contributed by atoms with Crippen molar-refractivity contribution < 1.29 is 14.4 Å². The number of hydrogen-bond acceptors (Lipinski definition) is 6. The van der Waals surface area contributed by atoms with Crippen molar-refractivity contribution in [2.24, 2.45) is 0 Å². The van der Waals surface area contributed by atoms with E-state index >= 15 is 0 Å². The van der Waals surface area contributed by atoms with Crippen LogP contribution in [0.25, 0.3) is 17.2 Å². The van der Waals surface area contributed by atoms with Crippen molar-refractivity contribution in [3.63, 3.8) is 0 Å². The molecule has 0 atom stereocenters. The van der Waals surface area contributed by atoms with Crippen LogP contribution in [0.1, 0.15) is 21.5 Å². The quantitative estimate of drug-likeness (QED) is 0.105. The fraction of sp³-hybridized carbons (Fsp3) is 0.0286. The fourth-order valence-corrected chi connectivity index (χ4v) is 6.14.